The van der Waals surface area contributed by atoms with Gasteiger partial charge < -0.3 is 9.64 Å². The van der Waals surface area contributed by atoms with Crippen molar-refractivity contribution in [2.45, 2.75) is 37.6 Å². The normalized spacial score (nSPS) is 19.5. The van der Waals surface area contributed by atoms with Gasteiger partial charge in [0.2, 0.25) is 0 Å². The van der Waals surface area contributed by atoms with Gasteiger partial charge in [0.25, 0.3) is 0 Å². The summed E-state index contributed by atoms with van der Waals surface area (Å²) in [5.74, 6) is 0.365. The van der Waals surface area contributed by atoms with Gasteiger partial charge in [-0.1, -0.05) is 54.6 Å². The lowest BCUT2D eigenvalue weighted by Crippen LogP contribution is -2.37. The fourth-order valence-corrected chi connectivity index (χ4v) is 4.85. The second-order valence-electron chi connectivity index (χ2n) is 8.39. The first-order chi connectivity index (χ1) is 15.4. The Morgan fingerprint density at radius 2 is 1.72 bits per heavy atom. The first-order valence-electron chi connectivity index (χ1n) is 10.7. The lowest BCUT2D eigenvalue weighted by molar-refractivity contribution is -0.137. The van der Waals surface area contributed by atoms with Crippen LogP contribution in [0.2, 0.25) is 0 Å². The summed E-state index contributed by atoms with van der Waals surface area (Å²) in [5, 5.41) is 0. The topological polar surface area (TPSA) is 29.5 Å². The van der Waals surface area contributed by atoms with Crippen LogP contribution < -0.4 is 0 Å². The molecule has 2 atom stereocenters. The molecule has 0 spiro atoms. The zero-order valence-electron chi connectivity index (χ0n) is 17.3. The molecule has 0 aromatic heterocycles. The van der Waals surface area contributed by atoms with E-state index in [1.807, 2.05) is 48.5 Å². The highest BCUT2D eigenvalue weighted by molar-refractivity contribution is 5.71. The number of benzene rings is 3. The van der Waals surface area contributed by atoms with Crippen LogP contribution in [0.4, 0.5) is 18.0 Å². The molecular formula is C26H22F3NO2. The molecule has 3 nitrogen and oxygen atoms in total. The molecule has 0 radical (unpaired) electrons. The molecule has 2 bridgehead atoms. The molecule has 1 amide bonds. The van der Waals surface area contributed by atoms with Crippen molar-refractivity contribution in [2.75, 3.05) is 6.54 Å². The van der Waals surface area contributed by atoms with Gasteiger partial charge >= 0.3 is 12.3 Å². The van der Waals surface area contributed by atoms with Gasteiger partial charge in [-0.3, -0.25) is 0 Å². The van der Waals surface area contributed by atoms with E-state index >= 15 is 0 Å². The van der Waals surface area contributed by atoms with Crippen LogP contribution in [0.15, 0.2) is 72.8 Å². The number of carbonyl (C=O) groups is 1. The average Bonchev–Trinajstić information content (AvgIpc) is 3.09. The Balaban J connectivity index is 1.40. The van der Waals surface area contributed by atoms with Crippen LogP contribution in [0.25, 0.3) is 11.1 Å². The minimum atomic E-state index is -4.39. The van der Waals surface area contributed by atoms with Gasteiger partial charge in [-0.15, -0.1) is 0 Å². The summed E-state index contributed by atoms with van der Waals surface area (Å²) < 4.78 is 45.0. The summed E-state index contributed by atoms with van der Waals surface area (Å²) in [4.78, 5) is 14.6. The van der Waals surface area contributed by atoms with Crippen molar-refractivity contribution in [3.8, 4) is 11.1 Å². The monoisotopic (exact) mass is 437 g/mol. The maximum Gasteiger partial charge on any atom is 0.416 e. The number of likely N-dealkylation sites (tertiary alicyclic amines) is 1. The minimum absolute atomic E-state index is 0.113. The van der Waals surface area contributed by atoms with Gasteiger partial charge in [0.15, 0.2) is 0 Å². The van der Waals surface area contributed by atoms with E-state index in [0.717, 1.165) is 35.6 Å². The summed E-state index contributed by atoms with van der Waals surface area (Å²) in [6.07, 6.45) is -3.06. The van der Waals surface area contributed by atoms with Gasteiger partial charge in [-0.25, -0.2) is 4.79 Å². The maximum atomic E-state index is 13.2. The third-order valence-electron chi connectivity index (χ3n) is 6.45. The number of hydrogen-bond donors (Lipinski definition) is 0. The largest absolute Gasteiger partial charge is 0.445 e. The third-order valence-corrected chi connectivity index (χ3v) is 6.45. The summed E-state index contributed by atoms with van der Waals surface area (Å²) in [6.45, 7) is 0.819. The molecule has 3 aromatic rings. The fraction of sp³-hybridized carbons (Fsp3) is 0.269. The maximum absolute atomic E-state index is 13.2. The van der Waals surface area contributed by atoms with Crippen LogP contribution in [0.1, 0.15) is 47.1 Å². The van der Waals surface area contributed by atoms with Crippen molar-refractivity contribution in [3.05, 3.63) is 95.1 Å². The number of fused-ring (bicyclic) bond motifs is 5. The predicted molar refractivity (Wildman–Crippen MR) is 115 cm³/mol. The van der Waals surface area contributed by atoms with Crippen molar-refractivity contribution < 1.29 is 22.7 Å². The highest BCUT2D eigenvalue weighted by Crippen LogP contribution is 2.50. The Morgan fingerprint density at radius 1 is 0.938 bits per heavy atom. The molecule has 1 heterocycles. The molecule has 0 N–H and O–H groups in total. The van der Waals surface area contributed by atoms with Crippen molar-refractivity contribution in [1.29, 1.82) is 0 Å². The van der Waals surface area contributed by atoms with E-state index in [2.05, 4.69) is 0 Å². The number of nitrogens with zero attached hydrogens (tertiary/aromatic N) is 1. The molecule has 1 fully saturated rings. The van der Waals surface area contributed by atoms with Gasteiger partial charge in [0.05, 0.1) is 11.6 Å². The molecule has 164 valence electrons. The summed E-state index contributed by atoms with van der Waals surface area (Å²) >= 11 is 0. The quantitative estimate of drug-likeness (QED) is 0.444. The molecule has 1 aliphatic carbocycles. The number of piperidine rings is 1. The Morgan fingerprint density at radius 3 is 2.50 bits per heavy atom. The molecule has 2 aliphatic rings. The molecule has 6 heteroatoms. The molecule has 1 saturated heterocycles. The lowest BCUT2D eigenvalue weighted by atomic mass is 9.94. The number of amides is 1. The van der Waals surface area contributed by atoms with E-state index in [9.17, 15) is 18.0 Å². The number of ether oxygens (including phenoxy) is 1. The summed E-state index contributed by atoms with van der Waals surface area (Å²) in [5.41, 5.74) is 3.69. The second kappa shape index (κ2) is 8.01. The Hall–Kier alpha value is -3.28. The standard InChI is InChI=1S/C26H22F3NO2/c27-26(28,29)21-8-4-7-18(13-21)19-9-10-22-20-11-12-30(24(15-20)23(22)14-19)25(31)32-16-17-5-2-1-3-6-17/h1-10,13-14,20,24H,11-12,15-16H2/t20-,24+/m1/s1. The first-order valence-corrected chi connectivity index (χ1v) is 10.7. The molecule has 1 aliphatic heterocycles. The van der Waals surface area contributed by atoms with E-state index in [-0.39, 0.29) is 18.7 Å². The van der Waals surface area contributed by atoms with Crippen LogP contribution in [0.5, 0.6) is 0 Å². The van der Waals surface area contributed by atoms with Crippen LogP contribution in [0, 0.1) is 0 Å². The highest BCUT2D eigenvalue weighted by Gasteiger charge is 2.41. The molecule has 5 rings (SSSR count). The summed E-state index contributed by atoms with van der Waals surface area (Å²) in [7, 11) is 0. The molecule has 32 heavy (non-hydrogen) atoms. The van der Waals surface area contributed by atoms with E-state index < -0.39 is 11.7 Å². The number of hydrogen-bond acceptors (Lipinski definition) is 2. The highest BCUT2D eigenvalue weighted by atomic mass is 19.4. The molecular weight excluding hydrogens is 415 g/mol. The smallest absolute Gasteiger partial charge is 0.416 e. The number of alkyl halides is 3. The van der Waals surface area contributed by atoms with Crippen molar-refractivity contribution in [1.82, 2.24) is 4.90 Å². The van der Waals surface area contributed by atoms with Crippen molar-refractivity contribution in [2.24, 2.45) is 0 Å². The van der Waals surface area contributed by atoms with E-state index in [4.69, 9.17) is 4.74 Å². The second-order valence-corrected chi connectivity index (χ2v) is 8.39. The van der Waals surface area contributed by atoms with Crippen molar-refractivity contribution >= 4 is 6.09 Å². The Labute approximate surface area is 184 Å². The van der Waals surface area contributed by atoms with E-state index in [0.29, 0.717) is 18.0 Å². The number of rotatable bonds is 3. The zero-order valence-corrected chi connectivity index (χ0v) is 17.3. The van der Waals surface area contributed by atoms with Gasteiger partial charge in [-0.2, -0.15) is 13.2 Å². The third kappa shape index (κ3) is 3.85. The lowest BCUT2D eigenvalue weighted by Gasteiger charge is -2.33. The van der Waals surface area contributed by atoms with Crippen LogP contribution in [-0.4, -0.2) is 17.5 Å². The van der Waals surface area contributed by atoms with E-state index in [1.54, 1.807) is 11.0 Å². The Bertz CT molecular complexity index is 1140. The SMILES string of the molecule is O=C(OCc1ccccc1)N1CC[C@@H]2C[C@H]1c1cc(-c3cccc(C(F)(F)F)c3)ccc12. The summed E-state index contributed by atoms with van der Waals surface area (Å²) in [6, 6.07) is 20.6. The number of halogens is 3. The molecule has 3 aromatic carbocycles. The van der Waals surface area contributed by atoms with Gasteiger partial charge in [0.1, 0.15) is 6.61 Å². The van der Waals surface area contributed by atoms with Crippen LogP contribution >= 0.6 is 0 Å². The van der Waals surface area contributed by atoms with Gasteiger partial charge in [-0.05, 0) is 64.8 Å². The molecule has 0 unspecified atom stereocenters. The molecule has 0 saturated carbocycles. The van der Waals surface area contributed by atoms with Crippen LogP contribution in [0.3, 0.4) is 0 Å². The number of carbonyl (C=O) groups excluding carboxylic acids is 1. The first kappa shape index (κ1) is 20.6. The minimum Gasteiger partial charge on any atom is -0.445 e. The zero-order chi connectivity index (χ0) is 22.3. The average molecular weight is 437 g/mol. The van der Waals surface area contributed by atoms with Gasteiger partial charge in [0, 0.05) is 6.54 Å². The fourth-order valence-electron chi connectivity index (χ4n) is 4.85. The van der Waals surface area contributed by atoms with E-state index in [1.165, 1.54) is 17.7 Å². The predicted octanol–water partition coefficient (Wildman–Crippen LogP) is 6.94. The Kier molecular flexibility index (Phi) is 5.16. The van der Waals surface area contributed by atoms with Crippen LogP contribution in [-0.2, 0) is 17.5 Å². The van der Waals surface area contributed by atoms with Crippen molar-refractivity contribution in [3.63, 3.8) is 0 Å².